The Bertz CT molecular complexity index is 600. The molecule has 1 aromatic rings. The molecular weight excluding hydrogens is 348 g/mol. The number of likely N-dealkylation sites (tertiary alicyclic amines) is 2. The second-order valence-corrected chi connectivity index (χ2v) is 8.27. The number of nitrogens with zero attached hydrogens (tertiary/aromatic N) is 3. The van der Waals surface area contributed by atoms with Gasteiger partial charge in [0.05, 0.1) is 6.10 Å². The molecule has 0 aromatic heterocycles. The maximum absolute atomic E-state index is 5.77. The third-order valence-electron chi connectivity index (χ3n) is 6.14. The lowest BCUT2D eigenvalue weighted by molar-refractivity contribution is 0.0263. The Morgan fingerprint density at radius 3 is 2.36 bits per heavy atom. The minimum Gasteiger partial charge on any atom is -0.378 e. The number of rotatable bonds is 6. The van der Waals surface area contributed by atoms with Crippen molar-refractivity contribution in [1.29, 1.82) is 0 Å². The molecule has 3 rings (SSSR count). The first-order valence-electron chi connectivity index (χ1n) is 11.0. The molecule has 0 aliphatic carbocycles. The minimum atomic E-state index is 0.428. The molecule has 2 heterocycles. The number of ether oxygens (including phenoxy) is 1. The summed E-state index contributed by atoms with van der Waals surface area (Å²) in [4.78, 5) is 9.51. The molecule has 28 heavy (non-hydrogen) atoms. The van der Waals surface area contributed by atoms with E-state index >= 15 is 0 Å². The van der Waals surface area contributed by atoms with Crippen molar-refractivity contribution in [2.75, 3.05) is 46.4 Å². The fraction of sp³-hybridized carbons (Fsp3) is 0.696. The molecule has 0 unspecified atom stereocenters. The Hall–Kier alpha value is -1.59. The van der Waals surface area contributed by atoms with Gasteiger partial charge in [0.1, 0.15) is 0 Å². The van der Waals surface area contributed by atoms with Gasteiger partial charge in [-0.05, 0) is 64.1 Å². The Morgan fingerprint density at radius 1 is 1.07 bits per heavy atom. The highest BCUT2D eigenvalue weighted by molar-refractivity contribution is 5.79. The topological polar surface area (TPSA) is 40.1 Å². The smallest absolute Gasteiger partial charge is 0.193 e. The van der Waals surface area contributed by atoms with E-state index in [0.29, 0.717) is 6.10 Å². The number of benzene rings is 1. The first kappa shape index (κ1) is 21.1. The number of aliphatic imine (C=N–C) groups is 1. The summed E-state index contributed by atoms with van der Waals surface area (Å²) in [6.07, 6.45) is 5.17. The van der Waals surface area contributed by atoms with Crippen molar-refractivity contribution >= 4 is 5.96 Å². The van der Waals surface area contributed by atoms with Crippen LogP contribution in [-0.4, -0.2) is 68.2 Å². The molecule has 0 saturated carbocycles. The van der Waals surface area contributed by atoms with Gasteiger partial charge in [-0.1, -0.05) is 29.8 Å². The molecule has 0 bridgehead atoms. The third-order valence-corrected chi connectivity index (χ3v) is 6.14. The quantitative estimate of drug-likeness (QED) is 0.602. The first-order valence-corrected chi connectivity index (χ1v) is 11.0. The van der Waals surface area contributed by atoms with E-state index in [4.69, 9.17) is 4.74 Å². The lowest BCUT2D eigenvalue weighted by Crippen LogP contribution is -2.48. The van der Waals surface area contributed by atoms with Crippen molar-refractivity contribution in [3.8, 4) is 0 Å². The van der Waals surface area contributed by atoms with Crippen molar-refractivity contribution in [2.45, 2.75) is 52.2 Å². The van der Waals surface area contributed by atoms with Gasteiger partial charge in [0.25, 0.3) is 0 Å². The van der Waals surface area contributed by atoms with Crippen LogP contribution in [0.15, 0.2) is 29.3 Å². The molecule has 0 atom stereocenters. The number of hydrogen-bond donors (Lipinski definition) is 1. The normalized spacial score (nSPS) is 20.5. The summed E-state index contributed by atoms with van der Waals surface area (Å²) in [5.41, 5.74) is 2.77. The molecule has 2 fully saturated rings. The summed E-state index contributed by atoms with van der Waals surface area (Å²) in [5.74, 6) is 1.81. The summed E-state index contributed by atoms with van der Waals surface area (Å²) in [6, 6.07) is 8.97. The van der Waals surface area contributed by atoms with E-state index in [1.54, 1.807) is 0 Å². The highest BCUT2D eigenvalue weighted by atomic mass is 16.5. The summed E-state index contributed by atoms with van der Waals surface area (Å²) in [6.45, 7) is 11.6. The zero-order chi connectivity index (χ0) is 19.8. The van der Waals surface area contributed by atoms with E-state index in [1.165, 1.54) is 37.1 Å². The number of hydrogen-bond acceptors (Lipinski definition) is 3. The van der Waals surface area contributed by atoms with Crippen LogP contribution in [0.25, 0.3) is 0 Å². The number of piperidine rings is 2. The fourth-order valence-corrected chi connectivity index (χ4v) is 4.34. The molecule has 156 valence electrons. The van der Waals surface area contributed by atoms with Gasteiger partial charge < -0.3 is 15.0 Å². The standard InChI is InChI=1S/C23H38N4O/c1-4-28-22-11-15-27(16-12-22)23(24-3)25-17-20-9-13-26(14-10-20)18-21-7-5-19(2)6-8-21/h5-8,20,22H,4,9-18H2,1-3H3,(H,24,25). The Balaban J connectivity index is 1.36. The van der Waals surface area contributed by atoms with E-state index in [1.807, 2.05) is 7.05 Å². The lowest BCUT2D eigenvalue weighted by atomic mass is 9.96. The van der Waals surface area contributed by atoms with Crippen LogP contribution in [0.3, 0.4) is 0 Å². The lowest BCUT2D eigenvalue weighted by Gasteiger charge is -2.36. The van der Waals surface area contributed by atoms with Gasteiger partial charge in [-0.25, -0.2) is 0 Å². The average Bonchev–Trinajstić information content (AvgIpc) is 2.73. The van der Waals surface area contributed by atoms with Crippen LogP contribution in [0, 0.1) is 12.8 Å². The van der Waals surface area contributed by atoms with E-state index in [2.05, 4.69) is 58.2 Å². The van der Waals surface area contributed by atoms with Crippen molar-refractivity contribution in [1.82, 2.24) is 15.1 Å². The van der Waals surface area contributed by atoms with E-state index in [-0.39, 0.29) is 0 Å². The van der Waals surface area contributed by atoms with Crippen LogP contribution in [0.4, 0.5) is 0 Å². The van der Waals surface area contributed by atoms with Crippen molar-refractivity contribution in [3.05, 3.63) is 35.4 Å². The summed E-state index contributed by atoms with van der Waals surface area (Å²) in [5, 5.41) is 3.64. The van der Waals surface area contributed by atoms with Gasteiger partial charge in [0.15, 0.2) is 5.96 Å². The van der Waals surface area contributed by atoms with Crippen LogP contribution < -0.4 is 5.32 Å². The highest BCUT2D eigenvalue weighted by Gasteiger charge is 2.23. The second-order valence-electron chi connectivity index (χ2n) is 8.27. The first-order chi connectivity index (χ1) is 13.7. The molecule has 5 heteroatoms. The van der Waals surface area contributed by atoms with Gasteiger partial charge in [-0.3, -0.25) is 9.89 Å². The Labute approximate surface area is 171 Å². The molecule has 0 radical (unpaired) electrons. The third kappa shape index (κ3) is 6.21. The molecule has 0 amide bonds. The summed E-state index contributed by atoms with van der Waals surface area (Å²) >= 11 is 0. The van der Waals surface area contributed by atoms with Crippen molar-refractivity contribution in [2.24, 2.45) is 10.9 Å². The van der Waals surface area contributed by atoms with Gasteiger partial charge in [0, 0.05) is 39.8 Å². The monoisotopic (exact) mass is 386 g/mol. The van der Waals surface area contributed by atoms with E-state index < -0.39 is 0 Å². The SMILES string of the molecule is CCOC1CCN(C(=NC)NCC2CCN(Cc3ccc(C)cc3)CC2)CC1. The number of aryl methyl sites for hydroxylation is 1. The molecule has 1 N–H and O–H groups in total. The number of guanidine groups is 1. The molecule has 2 saturated heterocycles. The molecular formula is C23H38N4O. The van der Waals surface area contributed by atoms with Crippen LogP contribution in [0.5, 0.6) is 0 Å². The second kappa shape index (κ2) is 10.8. The van der Waals surface area contributed by atoms with Gasteiger partial charge >= 0.3 is 0 Å². The summed E-state index contributed by atoms with van der Waals surface area (Å²) < 4.78 is 5.77. The van der Waals surface area contributed by atoms with Crippen molar-refractivity contribution < 1.29 is 4.74 Å². The van der Waals surface area contributed by atoms with E-state index in [0.717, 1.165) is 57.5 Å². The maximum Gasteiger partial charge on any atom is 0.193 e. The van der Waals surface area contributed by atoms with Crippen molar-refractivity contribution in [3.63, 3.8) is 0 Å². The Kier molecular flexibility index (Phi) is 8.16. The van der Waals surface area contributed by atoms with Crippen LogP contribution in [-0.2, 0) is 11.3 Å². The average molecular weight is 387 g/mol. The highest BCUT2D eigenvalue weighted by Crippen LogP contribution is 2.19. The zero-order valence-electron chi connectivity index (χ0n) is 18.0. The fourth-order valence-electron chi connectivity index (χ4n) is 4.34. The minimum absolute atomic E-state index is 0.428. The van der Waals surface area contributed by atoms with Crippen LogP contribution >= 0.6 is 0 Å². The van der Waals surface area contributed by atoms with Gasteiger partial charge in [-0.2, -0.15) is 0 Å². The van der Waals surface area contributed by atoms with Gasteiger partial charge in [0.2, 0.25) is 0 Å². The molecule has 0 spiro atoms. The summed E-state index contributed by atoms with van der Waals surface area (Å²) in [7, 11) is 1.90. The molecule has 1 aromatic carbocycles. The van der Waals surface area contributed by atoms with E-state index in [9.17, 15) is 0 Å². The predicted molar refractivity (Wildman–Crippen MR) is 117 cm³/mol. The molecule has 2 aliphatic heterocycles. The Morgan fingerprint density at radius 2 is 1.75 bits per heavy atom. The predicted octanol–water partition coefficient (Wildman–Crippen LogP) is 3.28. The largest absolute Gasteiger partial charge is 0.378 e. The van der Waals surface area contributed by atoms with Crippen LogP contribution in [0.2, 0.25) is 0 Å². The molecule has 2 aliphatic rings. The zero-order valence-corrected chi connectivity index (χ0v) is 18.0. The van der Waals surface area contributed by atoms with Gasteiger partial charge in [-0.15, -0.1) is 0 Å². The molecule has 5 nitrogen and oxygen atoms in total. The maximum atomic E-state index is 5.77. The number of nitrogens with one attached hydrogen (secondary N) is 1. The van der Waals surface area contributed by atoms with Crippen LogP contribution in [0.1, 0.15) is 43.7 Å².